The van der Waals surface area contributed by atoms with Gasteiger partial charge in [0.2, 0.25) is 0 Å². The minimum atomic E-state index is 0.276. The topological polar surface area (TPSA) is 34.1 Å². The Balaban J connectivity index is 2.61. The number of pyridine rings is 1. The summed E-state index contributed by atoms with van der Waals surface area (Å²) in [5.41, 5.74) is 2.31. The molecular weight excluding hydrogens is 200 g/mol. The number of hydrogen-bond donors (Lipinski definition) is 1. The summed E-state index contributed by atoms with van der Waals surface area (Å²) >= 11 is 0. The van der Waals surface area contributed by atoms with Gasteiger partial charge in [-0.05, 0) is 37.6 Å². The zero-order chi connectivity index (χ0) is 11.8. The molecule has 0 saturated carbocycles. The molecule has 1 unspecified atom stereocenters. The van der Waals surface area contributed by atoms with Crippen molar-refractivity contribution in [2.45, 2.75) is 33.2 Å². The third-order valence-corrected chi connectivity index (χ3v) is 2.41. The highest BCUT2D eigenvalue weighted by Crippen LogP contribution is 2.13. The van der Waals surface area contributed by atoms with Crippen LogP contribution in [-0.4, -0.2) is 24.7 Å². The van der Waals surface area contributed by atoms with Crippen molar-refractivity contribution < 1.29 is 4.74 Å². The van der Waals surface area contributed by atoms with E-state index in [1.54, 1.807) is 0 Å². The number of rotatable bonds is 7. The van der Waals surface area contributed by atoms with Crippen LogP contribution in [0.1, 0.15) is 37.6 Å². The van der Waals surface area contributed by atoms with E-state index in [-0.39, 0.29) is 6.04 Å². The molecule has 0 bridgehead atoms. The van der Waals surface area contributed by atoms with E-state index in [0.717, 1.165) is 31.9 Å². The van der Waals surface area contributed by atoms with Gasteiger partial charge >= 0.3 is 0 Å². The quantitative estimate of drug-likeness (QED) is 0.720. The highest BCUT2D eigenvalue weighted by molar-refractivity contribution is 5.19. The van der Waals surface area contributed by atoms with E-state index in [1.807, 2.05) is 13.1 Å². The molecule has 0 aromatic carbocycles. The molecule has 90 valence electrons. The number of aromatic nitrogens is 1. The smallest absolute Gasteiger partial charge is 0.0661 e. The van der Waals surface area contributed by atoms with Crippen molar-refractivity contribution in [1.29, 1.82) is 0 Å². The van der Waals surface area contributed by atoms with Crippen molar-refractivity contribution in [2.75, 3.05) is 19.8 Å². The zero-order valence-electron chi connectivity index (χ0n) is 10.5. The van der Waals surface area contributed by atoms with Gasteiger partial charge in [-0.15, -0.1) is 0 Å². The molecule has 0 spiro atoms. The van der Waals surface area contributed by atoms with Crippen LogP contribution in [0.5, 0.6) is 0 Å². The molecule has 1 aromatic heterocycles. The first-order chi connectivity index (χ1) is 7.77. The summed E-state index contributed by atoms with van der Waals surface area (Å²) in [6.07, 6.45) is 2.92. The van der Waals surface area contributed by atoms with Crippen LogP contribution in [0.15, 0.2) is 18.3 Å². The van der Waals surface area contributed by atoms with E-state index in [4.69, 9.17) is 4.74 Å². The van der Waals surface area contributed by atoms with Crippen LogP contribution in [0.2, 0.25) is 0 Å². The van der Waals surface area contributed by atoms with Crippen LogP contribution >= 0.6 is 0 Å². The lowest BCUT2D eigenvalue weighted by molar-refractivity contribution is 0.112. The van der Waals surface area contributed by atoms with Gasteiger partial charge in [-0.3, -0.25) is 4.98 Å². The number of aryl methyl sites for hydroxylation is 1. The molecule has 1 rings (SSSR count). The highest BCUT2D eigenvalue weighted by atomic mass is 16.5. The molecule has 1 N–H and O–H groups in total. The summed E-state index contributed by atoms with van der Waals surface area (Å²) in [5, 5.41) is 3.43. The molecule has 0 aliphatic heterocycles. The van der Waals surface area contributed by atoms with E-state index < -0.39 is 0 Å². The molecule has 0 fully saturated rings. The second-order valence-corrected chi connectivity index (χ2v) is 3.92. The number of likely N-dealkylation sites (N-methyl/N-ethyl adjacent to an activating group) is 1. The predicted octanol–water partition coefficient (Wildman–Crippen LogP) is 2.47. The van der Waals surface area contributed by atoms with Crippen molar-refractivity contribution in [3.05, 3.63) is 29.6 Å². The summed E-state index contributed by atoms with van der Waals surface area (Å²) in [6, 6.07) is 4.44. The largest absolute Gasteiger partial charge is 0.379 e. The Hall–Kier alpha value is -0.930. The Bertz CT molecular complexity index is 302. The molecule has 1 aromatic rings. The van der Waals surface area contributed by atoms with E-state index >= 15 is 0 Å². The Morgan fingerprint density at radius 1 is 1.44 bits per heavy atom. The second kappa shape index (κ2) is 7.36. The molecule has 0 amide bonds. The maximum absolute atomic E-state index is 5.61. The van der Waals surface area contributed by atoms with Gasteiger partial charge in [-0.1, -0.05) is 13.8 Å². The fourth-order valence-electron chi connectivity index (χ4n) is 1.65. The van der Waals surface area contributed by atoms with E-state index in [2.05, 4.69) is 36.3 Å². The Morgan fingerprint density at radius 2 is 2.25 bits per heavy atom. The van der Waals surface area contributed by atoms with Crippen LogP contribution in [0.25, 0.3) is 0 Å². The molecule has 0 saturated heterocycles. The first-order valence-corrected chi connectivity index (χ1v) is 6.01. The Morgan fingerprint density at radius 3 is 2.88 bits per heavy atom. The van der Waals surface area contributed by atoms with Crippen molar-refractivity contribution in [3.63, 3.8) is 0 Å². The molecule has 3 nitrogen and oxygen atoms in total. The molecule has 16 heavy (non-hydrogen) atoms. The molecule has 0 aliphatic rings. The molecule has 3 heteroatoms. The minimum absolute atomic E-state index is 0.276. The van der Waals surface area contributed by atoms with Crippen LogP contribution in [0.3, 0.4) is 0 Å². The third-order valence-electron chi connectivity index (χ3n) is 2.41. The molecule has 0 aliphatic carbocycles. The predicted molar refractivity (Wildman–Crippen MR) is 66.5 cm³/mol. The molecule has 1 heterocycles. The monoisotopic (exact) mass is 222 g/mol. The van der Waals surface area contributed by atoms with E-state index in [1.165, 1.54) is 5.56 Å². The lowest BCUT2D eigenvalue weighted by Gasteiger charge is -2.18. The maximum Gasteiger partial charge on any atom is 0.0661 e. The number of nitrogens with zero attached hydrogens (tertiary/aromatic N) is 1. The average molecular weight is 222 g/mol. The minimum Gasteiger partial charge on any atom is -0.379 e. The normalized spacial score (nSPS) is 12.7. The van der Waals surface area contributed by atoms with Gasteiger partial charge in [0.15, 0.2) is 0 Å². The number of nitrogens with one attached hydrogen (secondary N) is 1. The van der Waals surface area contributed by atoms with Crippen LogP contribution in [0.4, 0.5) is 0 Å². The van der Waals surface area contributed by atoms with Gasteiger partial charge in [0.1, 0.15) is 0 Å². The van der Waals surface area contributed by atoms with Crippen LogP contribution in [-0.2, 0) is 4.74 Å². The second-order valence-electron chi connectivity index (χ2n) is 3.92. The van der Waals surface area contributed by atoms with Crippen LogP contribution < -0.4 is 5.32 Å². The van der Waals surface area contributed by atoms with Gasteiger partial charge in [-0.25, -0.2) is 0 Å². The van der Waals surface area contributed by atoms with Gasteiger partial charge in [-0.2, -0.15) is 0 Å². The van der Waals surface area contributed by atoms with Crippen molar-refractivity contribution in [2.24, 2.45) is 0 Å². The van der Waals surface area contributed by atoms with Crippen molar-refractivity contribution in [3.8, 4) is 0 Å². The van der Waals surface area contributed by atoms with Crippen molar-refractivity contribution >= 4 is 0 Å². The summed E-state index contributed by atoms with van der Waals surface area (Å²) in [6.45, 7) is 8.75. The summed E-state index contributed by atoms with van der Waals surface area (Å²) in [4.78, 5) is 4.21. The summed E-state index contributed by atoms with van der Waals surface area (Å²) < 4.78 is 5.61. The van der Waals surface area contributed by atoms with E-state index in [0.29, 0.717) is 0 Å². The van der Waals surface area contributed by atoms with E-state index in [9.17, 15) is 0 Å². The molecule has 0 radical (unpaired) electrons. The standard InChI is InChI=1S/C13H22N2O/c1-4-8-16-10-13(14-5-2)12-6-7-15-11(3)9-12/h6-7,9,13-14H,4-5,8,10H2,1-3H3. The molecule has 1 atom stereocenters. The first kappa shape index (κ1) is 13.1. The lowest BCUT2D eigenvalue weighted by atomic mass is 10.1. The van der Waals surface area contributed by atoms with Crippen molar-refractivity contribution in [1.82, 2.24) is 10.3 Å². The number of hydrogen-bond acceptors (Lipinski definition) is 3. The molecular formula is C13H22N2O. The summed E-state index contributed by atoms with van der Waals surface area (Å²) in [5.74, 6) is 0. The van der Waals surface area contributed by atoms with Gasteiger partial charge in [0, 0.05) is 18.5 Å². The fraction of sp³-hybridized carbons (Fsp3) is 0.615. The lowest BCUT2D eigenvalue weighted by Crippen LogP contribution is -2.25. The van der Waals surface area contributed by atoms with Crippen LogP contribution in [0, 0.1) is 6.92 Å². The third kappa shape index (κ3) is 4.29. The van der Waals surface area contributed by atoms with Gasteiger partial charge < -0.3 is 10.1 Å². The summed E-state index contributed by atoms with van der Waals surface area (Å²) in [7, 11) is 0. The van der Waals surface area contributed by atoms with Gasteiger partial charge in [0.25, 0.3) is 0 Å². The average Bonchev–Trinajstić information content (AvgIpc) is 2.28. The number of ether oxygens (including phenoxy) is 1. The SMILES string of the molecule is CCCOCC(NCC)c1ccnc(C)c1. The Labute approximate surface area is 98.2 Å². The maximum atomic E-state index is 5.61. The first-order valence-electron chi connectivity index (χ1n) is 6.01. The zero-order valence-corrected chi connectivity index (χ0v) is 10.5. The Kier molecular flexibility index (Phi) is 6.04. The van der Waals surface area contributed by atoms with Gasteiger partial charge in [0.05, 0.1) is 12.6 Å². The fourth-order valence-corrected chi connectivity index (χ4v) is 1.65. The highest BCUT2D eigenvalue weighted by Gasteiger charge is 2.10.